The number of aryl methyl sites for hydroxylation is 1. The number of benzene rings is 2. The van der Waals surface area contributed by atoms with Gasteiger partial charge in [0.1, 0.15) is 6.61 Å². The number of hydrogen-bond donors (Lipinski definition) is 1. The Kier molecular flexibility index (Phi) is 5.68. The first-order chi connectivity index (χ1) is 14.6. The highest BCUT2D eigenvalue weighted by molar-refractivity contribution is 6.32. The first-order valence-electron chi connectivity index (χ1n) is 11.4. The van der Waals surface area contributed by atoms with Crippen molar-refractivity contribution in [3.05, 3.63) is 58.1 Å². The van der Waals surface area contributed by atoms with Crippen molar-refractivity contribution in [2.75, 3.05) is 7.11 Å². The van der Waals surface area contributed by atoms with Crippen LogP contribution in [0, 0.1) is 30.6 Å². The van der Waals surface area contributed by atoms with E-state index in [0.29, 0.717) is 29.2 Å². The van der Waals surface area contributed by atoms with Gasteiger partial charge in [-0.05, 0) is 91.5 Å². The second-order valence-corrected chi connectivity index (χ2v) is 10.1. The fraction of sp³-hybridized carbons (Fsp3) is 0.538. The van der Waals surface area contributed by atoms with Gasteiger partial charge in [0.05, 0.1) is 12.1 Å². The van der Waals surface area contributed by atoms with E-state index in [2.05, 4.69) is 30.4 Å². The molecule has 160 valence electrons. The minimum Gasteiger partial charge on any atom is -0.493 e. The molecule has 0 amide bonds. The number of nitrogens with one attached hydrogen (secondary N) is 1. The first-order valence-corrected chi connectivity index (χ1v) is 11.8. The minimum atomic E-state index is 0.480. The van der Waals surface area contributed by atoms with Gasteiger partial charge in [0.2, 0.25) is 0 Å². The van der Waals surface area contributed by atoms with Gasteiger partial charge >= 0.3 is 0 Å². The normalized spacial score (nSPS) is 29.2. The van der Waals surface area contributed by atoms with Crippen LogP contribution in [0.25, 0.3) is 0 Å². The van der Waals surface area contributed by atoms with E-state index >= 15 is 0 Å². The summed E-state index contributed by atoms with van der Waals surface area (Å²) in [4.78, 5) is 0. The molecule has 0 atom stereocenters. The maximum absolute atomic E-state index is 6.63. The molecule has 0 radical (unpaired) electrons. The van der Waals surface area contributed by atoms with Crippen molar-refractivity contribution in [2.45, 2.75) is 58.2 Å². The summed E-state index contributed by atoms with van der Waals surface area (Å²) in [6.07, 6.45) is 7.22. The molecule has 3 nitrogen and oxygen atoms in total. The Balaban J connectivity index is 1.26. The molecule has 4 bridgehead atoms. The monoisotopic (exact) mass is 425 g/mol. The van der Waals surface area contributed by atoms with E-state index in [0.717, 1.165) is 41.3 Å². The van der Waals surface area contributed by atoms with Crippen LogP contribution in [0.2, 0.25) is 5.02 Å². The second kappa shape index (κ2) is 8.43. The zero-order valence-electron chi connectivity index (χ0n) is 18.0. The topological polar surface area (TPSA) is 30.5 Å². The van der Waals surface area contributed by atoms with Crippen LogP contribution in [-0.2, 0) is 13.2 Å². The van der Waals surface area contributed by atoms with Crippen molar-refractivity contribution in [1.82, 2.24) is 5.32 Å². The van der Waals surface area contributed by atoms with E-state index in [1.807, 2.05) is 18.2 Å². The fourth-order valence-corrected chi connectivity index (χ4v) is 6.72. The van der Waals surface area contributed by atoms with Gasteiger partial charge in [-0.2, -0.15) is 0 Å². The highest BCUT2D eigenvalue weighted by Gasteiger charge is 2.47. The standard InChI is InChI=1S/C26H32ClNO2/c1-16-5-3-4-6-20(16)15-30-26-23(27)12-19(13-24(26)29-2)14-28-25-21-8-17-7-18(10-21)11-22(25)9-17/h3-6,12-13,17-18,21-22,25,28H,7-11,14-15H2,1-2H3. The summed E-state index contributed by atoms with van der Waals surface area (Å²) in [6, 6.07) is 13.0. The van der Waals surface area contributed by atoms with Gasteiger partial charge in [-0.3, -0.25) is 0 Å². The van der Waals surface area contributed by atoms with E-state index < -0.39 is 0 Å². The van der Waals surface area contributed by atoms with Crippen LogP contribution in [0.15, 0.2) is 36.4 Å². The van der Waals surface area contributed by atoms with Gasteiger partial charge < -0.3 is 14.8 Å². The van der Waals surface area contributed by atoms with Gasteiger partial charge in [-0.25, -0.2) is 0 Å². The third-order valence-corrected chi connectivity index (χ3v) is 7.97. The molecule has 4 heteroatoms. The Hall–Kier alpha value is -1.71. The van der Waals surface area contributed by atoms with Crippen LogP contribution < -0.4 is 14.8 Å². The fourth-order valence-electron chi connectivity index (χ4n) is 6.43. The predicted molar refractivity (Wildman–Crippen MR) is 121 cm³/mol. The lowest BCUT2D eigenvalue weighted by molar-refractivity contribution is -0.0142. The summed E-state index contributed by atoms with van der Waals surface area (Å²) < 4.78 is 11.7. The van der Waals surface area contributed by atoms with Crippen molar-refractivity contribution in [3.63, 3.8) is 0 Å². The number of methoxy groups -OCH3 is 1. The Morgan fingerprint density at radius 2 is 1.70 bits per heavy atom. The summed E-state index contributed by atoms with van der Waals surface area (Å²) >= 11 is 6.63. The van der Waals surface area contributed by atoms with Gasteiger partial charge in [-0.15, -0.1) is 0 Å². The Bertz CT molecular complexity index is 884. The zero-order chi connectivity index (χ0) is 20.7. The van der Waals surface area contributed by atoms with Crippen molar-refractivity contribution in [3.8, 4) is 11.5 Å². The maximum Gasteiger partial charge on any atom is 0.180 e. The van der Waals surface area contributed by atoms with Crippen LogP contribution in [-0.4, -0.2) is 13.2 Å². The molecular formula is C26H32ClNO2. The van der Waals surface area contributed by atoms with Crippen molar-refractivity contribution in [1.29, 1.82) is 0 Å². The molecule has 4 saturated carbocycles. The predicted octanol–water partition coefficient (Wildman–Crippen LogP) is 6.15. The molecule has 0 saturated heterocycles. The molecule has 2 aromatic rings. The van der Waals surface area contributed by atoms with Crippen molar-refractivity contribution < 1.29 is 9.47 Å². The van der Waals surface area contributed by atoms with E-state index in [4.69, 9.17) is 21.1 Å². The van der Waals surface area contributed by atoms with E-state index in [1.54, 1.807) is 7.11 Å². The third kappa shape index (κ3) is 3.94. The van der Waals surface area contributed by atoms with Crippen molar-refractivity contribution >= 4 is 11.6 Å². The molecular weight excluding hydrogens is 394 g/mol. The van der Waals surface area contributed by atoms with Gasteiger partial charge in [-0.1, -0.05) is 35.9 Å². The summed E-state index contributed by atoms with van der Waals surface area (Å²) in [5.41, 5.74) is 3.53. The van der Waals surface area contributed by atoms with Gasteiger partial charge in [0, 0.05) is 12.6 Å². The first kappa shape index (κ1) is 20.2. The highest BCUT2D eigenvalue weighted by Crippen LogP contribution is 2.53. The lowest BCUT2D eigenvalue weighted by Crippen LogP contribution is -2.54. The molecule has 0 unspecified atom stereocenters. The Morgan fingerprint density at radius 3 is 2.37 bits per heavy atom. The quantitative estimate of drug-likeness (QED) is 0.577. The number of hydrogen-bond acceptors (Lipinski definition) is 3. The summed E-state index contributed by atoms with van der Waals surface area (Å²) in [6.45, 7) is 3.41. The lowest BCUT2D eigenvalue weighted by Gasteiger charge is -2.54. The van der Waals surface area contributed by atoms with Crippen LogP contribution in [0.1, 0.15) is 48.8 Å². The molecule has 4 aliphatic rings. The minimum absolute atomic E-state index is 0.480. The molecule has 0 spiro atoms. The smallest absolute Gasteiger partial charge is 0.180 e. The van der Waals surface area contributed by atoms with Crippen LogP contribution in [0.4, 0.5) is 0 Å². The molecule has 4 aliphatic carbocycles. The molecule has 1 N–H and O–H groups in total. The van der Waals surface area contributed by atoms with Gasteiger partial charge in [0.15, 0.2) is 11.5 Å². The highest BCUT2D eigenvalue weighted by atomic mass is 35.5. The maximum atomic E-state index is 6.63. The average molecular weight is 426 g/mol. The Labute approximate surface area is 185 Å². The third-order valence-electron chi connectivity index (χ3n) is 7.69. The van der Waals surface area contributed by atoms with E-state index in [-0.39, 0.29) is 0 Å². The number of ether oxygens (including phenoxy) is 2. The summed E-state index contributed by atoms with van der Waals surface area (Å²) in [5.74, 6) is 5.08. The number of halogens is 1. The Morgan fingerprint density at radius 1 is 1.00 bits per heavy atom. The summed E-state index contributed by atoms with van der Waals surface area (Å²) in [5, 5.41) is 4.50. The van der Waals surface area contributed by atoms with Crippen molar-refractivity contribution in [2.24, 2.45) is 23.7 Å². The largest absolute Gasteiger partial charge is 0.493 e. The molecule has 0 heterocycles. The average Bonchev–Trinajstić information content (AvgIpc) is 2.72. The van der Waals surface area contributed by atoms with Gasteiger partial charge in [0.25, 0.3) is 0 Å². The van der Waals surface area contributed by atoms with Crippen LogP contribution >= 0.6 is 11.6 Å². The summed E-state index contributed by atoms with van der Waals surface area (Å²) in [7, 11) is 1.68. The molecule has 6 rings (SSSR count). The molecule has 4 fully saturated rings. The second-order valence-electron chi connectivity index (χ2n) is 9.66. The molecule has 2 aromatic carbocycles. The lowest BCUT2D eigenvalue weighted by atomic mass is 9.54. The zero-order valence-corrected chi connectivity index (χ0v) is 18.8. The molecule has 0 aliphatic heterocycles. The van der Waals surface area contributed by atoms with Crippen LogP contribution in [0.3, 0.4) is 0 Å². The SMILES string of the molecule is COc1cc(CNC2C3CC4CC(C3)CC2C4)cc(Cl)c1OCc1ccccc1C. The number of rotatable bonds is 7. The van der Waals surface area contributed by atoms with E-state index in [9.17, 15) is 0 Å². The van der Waals surface area contributed by atoms with E-state index in [1.165, 1.54) is 37.7 Å². The molecule has 30 heavy (non-hydrogen) atoms. The van der Waals surface area contributed by atoms with Crippen LogP contribution in [0.5, 0.6) is 11.5 Å². The molecule has 0 aromatic heterocycles.